The van der Waals surface area contributed by atoms with Crippen molar-refractivity contribution in [3.63, 3.8) is 0 Å². The fourth-order valence-corrected chi connectivity index (χ4v) is 2.75. The minimum atomic E-state index is -0.796. The summed E-state index contributed by atoms with van der Waals surface area (Å²) < 4.78 is 5.85. The zero-order valence-corrected chi connectivity index (χ0v) is 13.1. The predicted molar refractivity (Wildman–Crippen MR) is 81.6 cm³/mol. The van der Waals surface area contributed by atoms with E-state index in [1.807, 2.05) is 0 Å². The summed E-state index contributed by atoms with van der Waals surface area (Å²) in [5, 5.41) is 14.5. The number of anilines is 1. The second-order valence-electron chi connectivity index (χ2n) is 4.99. The Bertz CT molecular complexity index is 550. The third-order valence-corrected chi connectivity index (χ3v) is 4.23. The number of carboxylic acids is 1. The molecule has 1 fully saturated rings. The Morgan fingerprint density at radius 1 is 1.38 bits per heavy atom. The van der Waals surface area contributed by atoms with Gasteiger partial charge in [-0.2, -0.15) is 0 Å². The molecule has 0 saturated heterocycles. The Morgan fingerprint density at radius 2 is 2.14 bits per heavy atom. The molecule has 1 aliphatic carbocycles. The van der Waals surface area contributed by atoms with Gasteiger partial charge in [0.15, 0.2) is 0 Å². The zero-order chi connectivity index (χ0) is 15.4. The van der Waals surface area contributed by atoms with Crippen LogP contribution >= 0.6 is 15.9 Å². The molecule has 1 aromatic carbocycles. The number of carboxylic acid groups (broad SMARTS) is 1. The second kappa shape index (κ2) is 6.80. The van der Waals surface area contributed by atoms with Crippen molar-refractivity contribution in [3.05, 3.63) is 22.7 Å². The Labute approximate surface area is 131 Å². The van der Waals surface area contributed by atoms with Crippen LogP contribution in [0.1, 0.15) is 19.3 Å². The van der Waals surface area contributed by atoms with E-state index >= 15 is 0 Å². The molecule has 7 heteroatoms. The fraction of sp³-hybridized carbons (Fsp3) is 0.429. The molecule has 0 aromatic heterocycles. The molecule has 1 aromatic rings. The van der Waals surface area contributed by atoms with Gasteiger partial charge in [-0.25, -0.2) is 4.79 Å². The number of carbonyl (C=O) groups is 2. The van der Waals surface area contributed by atoms with E-state index in [0.29, 0.717) is 30.7 Å². The summed E-state index contributed by atoms with van der Waals surface area (Å²) >= 11 is 3.35. The number of urea groups is 1. The van der Waals surface area contributed by atoms with Crippen LogP contribution in [0.5, 0.6) is 5.75 Å². The second-order valence-corrected chi connectivity index (χ2v) is 5.84. The van der Waals surface area contributed by atoms with Crippen molar-refractivity contribution >= 4 is 33.6 Å². The fourth-order valence-electron chi connectivity index (χ4n) is 2.41. The van der Waals surface area contributed by atoms with Gasteiger partial charge < -0.3 is 20.5 Å². The highest BCUT2D eigenvalue weighted by molar-refractivity contribution is 9.10. The van der Waals surface area contributed by atoms with E-state index in [0.717, 1.165) is 4.47 Å². The Hall–Kier alpha value is -1.76. The third-order valence-electron chi connectivity index (χ3n) is 3.54. The largest absolute Gasteiger partial charge is 0.497 e. The molecule has 0 heterocycles. The third kappa shape index (κ3) is 4.10. The smallest absolute Gasteiger partial charge is 0.319 e. The van der Waals surface area contributed by atoms with Crippen LogP contribution in [0.4, 0.5) is 10.5 Å². The number of ether oxygens (including phenoxy) is 1. The van der Waals surface area contributed by atoms with Crippen LogP contribution < -0.4 is 15.4 Å². The number of carbonyl (C=O) groups excluding carboxylic acids is 1. The monoisotopic (exact) mass is 356 g/mol. The minimum Gasteiger partial charge on any atom is -0.497 e. The molecule has 2 rings (SSSR count). The average molecular weight is 357 g/mol. The molecule has 3 N–H and O–H groups in total. The molecular formula is C14H17BrN2O4. The number of aliphatic carboxylic acids is 1. The van der Waals surface area contributed by atoms with Gasteiger partial charge in [-0.15, -0.1) is 0 Å². The Balaban J connectivity index is 1.92. The van der Waals surface area contributed by atoms with Crippen LogP contribution in [0.15, 0.2) is 22.7 Å². The molecule has 2 amide bonds. The van der Waals surface area contributed by atoms with Crippen molar-refractivity contribution in [3.8, 4) is 5.75 Å². The van der Waals surface area contributed by atoms with Crippen molar-refractivity contribution in [2.45, 2.75) is 25.3 Å². The molecule has 0 radical (unpaired) electrons. The number of methoxy groups -OCH3 is 1. The maximum Gasteiger partial charge on any atom is 0.319 e. The number of rotatable bonds is 4. The quantitative estimate of drug-likeness (QED) is 0.773. The van der Waals surface area contributed by atoms with Crippen LogP contribution in [0.2, 0.25) is 0 Å². The number of hydrogen-bond acceptors (Lipinski definition) is 3. The summed E-state index contributed by atoms with van der Waals surface area (Å²) in [5.41, 5.74) is 0.597. The number of amides is 2. The summed E-state index contributed by atoms with van der Waals surface area (Å²) in [5.74, 6) is -0.519. The molecule has 0 unspecified atom stereocenters. The highest BCUT2D eigenvalue weighted by atomic mass is 79.9. The lowest BCUT2D eigenvalue weighted by molar-refractivity contribution is -0.141. The van der Waals surface area contributed by atoms with E-state index in [-0.39, 0.29) is 18.0 Å². The maximum absolute atomic E-state index is 12.0. The summed E-state index contributed by atoms with van der Waals surface area (Å²) in [4.78, 5) is 22.9. The molecule has 1 saturated carbocycles. The van der Waals surface area contributed by atoms with E-state index in [9.17, 15) is 9.59 Å². The van der Waals surface area contributed by atoms with Crippen LogP contribution in [-0.4, -0.2) is 30.3 Å². The van der Waals surface area contributed by atoms with Crippen molar-refractivity contribution in [2.75, 3.05) is 12.4 Å². The summed E-state index contributed by atoms with van der Waals surface area (Å²) in [6.45, 7) is 0. The highest BCUT2D eigenvalue weighted by Crippen LogP contribution is 2.28. The molecule has 114 valence electrons. The first-order chi connectivity index (χ1) is 9.99. The van der Waals surface area contributed by atoms with Crippen LogP contribution in [-0.2, 0) is 4.79 Å². The lowest BCUT2D eigenvalue weighted by atomic mass is 10.1. The van der Waals surface area contributed by atoms with E-state index in [1.165, 1.54) is 0 Å². The number of nitrogens with one attached hydrogen (secondary N) is 2. The van der Waals surface area contributed by atoms with Gasteiger partial charge in [0, 0.05) is 16.6 Å². The molecule has 21 heavy (non-hydrogen) atoms. The van der Waals surface area contributed by atoms with Crippen LogP contribution in [0, 0.1) is 5.92 Å². The summed E-state index contributed by atoms with van der Waals surface area (Å²) in [6.07, 6.45) is 1.76. The van der Waals surface area contributed by atoms with E-state index in [2.05, 4.69) is 26.6 Å². The molecule has 2 atom stereocenters. The average Bonchev–Trinajstić information content (AvgIpc) is 2.90. The van der Waals surface area contributed by atoms with Crippen LogP contribution in [0.3, 0.4) is 0 Å². The van der Waals surface area contributed by atoms with Crippen molar-refractivity contribution in [1.29, 1.82) is 0 Å². The van der Waals surface area contributed by atoms with Gasteiger partial charge in [-0.05, 0) is 47.3 Å². The van der Waals surface area contributed by atoms with Gasteiger partial charge >= 0.3 is 12.0 Å². The number of halogens is 1. The van der Waals surface area contributed by atoms with Crippen molar-refractivity contribution in [1.82, 2.24) is 5.32 Å². The zero-order valence-electron chi connectivity index (χ0n) is 11.6. The van der Waals surface area contributed by atoms with Crippen molar-refractivity contribution in [2.24, 2.45) is 5.92 Å². The topological polar surface area (TPSA) is 87.7 Å². The minimum absolute atomic E-state index is 0.101. The van der Waals surface area contributed by atoms with Gasteiger partial charge in [0.05, 0.1) is 18.7 Å². The highest BCUT2D eigenvalue weighted by Gasteiger charge is 2.30. The van der Waals surface area contributed by atoms with Gasteiger partial charge in [0.25, 0.3) is 0 Å². The van der Waals surface area contributed by atoms with Crippen LogP contribution in [0.25, 0.3) is 0 Å². The van der Waals surface area contributed by atoms with Gasteiger partial charge in [0.2, 0.25) is 0 Å². The van der Waals surface area contributed by atoms with E-state index in [1.54, 1.807) is 25.3 Å². The molecule has 0 aliphatic heterocycles. The standard InChI is InChI=1S/C14H17BrN2O4/c1-21-10-4-5-11(15)12(7-10)17-14(20)16-9-3-2-8(6-9)13(18)19/h4-5,7-9H,2-3,6H2,1H3,(H,18,19)(H2,16,17,20)/t8-,9+/m1/s1. The van der Waals surface area contributed by atoms with Gasteiger partial charge in [-0.1, -0.05) is 0 Å². The first kappa shape index (κ1) is 15.6. The lowest BCUT2D eigenvalue weighted by Crippen LogP contribution is -2.36. The SMILES string of the molecule is COc1ccc(Br)c(NC(=O)N[C@H]2CC[C@@H](C(=O)O)C2)c1. The summed E-state index contributed by atoms with van der Waals surface area (Å²) in [7, 11) is 1.55. The van der Waals surface area contributed by atoms with E-state index in [4.69, 9.17) is 9.84 Å². The Kier molecular flexibility index (Phi) is 5.06. The molecule has 1 aliphatic rings. The maximum atomic E-state index is 12.0. The number of hydrogen-bond donors (Lipinski definition) is 3. The molecule has 6 nitrogen and oxygen atoms in total. The first-order valence-corrected chi connectivity index (χ1v) is 7.42. The first-order valence-electron chi connectivity index (χ1n) is 6.63. The van der Waals surface area contributed by atoms with Gasteiger partial charge in [-0.3, -0.25) is 4.79 Å². The molecule has 0 spiro atoms. The number of benzene rings is 1. The molecule has 0 bridgehead atoms. The van der Waals surface area contributed by atoms with Crippen molar-refractivity contribution < 1.29 is 19.4 Å². The Morgan fingerprint density at radius 3 is 2.76 bits per heavy atom. The van der Waals surface area contributed by atoms with Gasteiger partial charge in [0.1, 0.15) is 5.75 Å². The molecular weight excluding hydrogens is 340 g/mol. The lowest BCUT2D eigenvalue weighted by Gasteiger charge is -2.14. The summed E-state index contributed by atoms with van der Waals surface area (Å²) in [6, 6.07) is 4.82. The van der Waals surface area contributed by atoms with E-state index < -0.39 is 5.97 Å². The normalized spacial score (nSPS) is 20.9. The predicted octanol–water partition coefficient (Wildman–Crippen LogP) is 2.83.